The SMILES string of the molecule is CC1(C)CC(=O)C2=C(C1)N(Cc1ccccc1)C(=O)C21OC(=O)C(=O)/C1=C(\Nc1ccccc1)c1ccccc1. The second-order valence-electron chi connectivity index (χ2n) is 11.1. The molecule has 1 saturated heterocycles. The Morgan fingerprint density at radius 3 is 2.08 bits per heavy atom. The van der Waals surface area contributed by atoms with E-state index in [-0.39, 0.29) is 35.6 Å². The van der Waals surface area contributed by atoms with Crippen LogP contribution in [0.5, 0.6) is 0 Å². The van der Waals surface area contributed by atoms with Gasteiger partial charge in [-0.05, 0) is 35.1 Å². The number of esters is 1. The predicted octanol–water partition coefficient (Wildman–Crippen LogP) is 5.06. The Bertz CT molecular complexity index is 1610. The summed E-state index contributed by atoms with van der Waals surface area (Å²) in [7, 11) is 0. The van der Waals surface area contributed by atoms with Crippen molar-refractivity contribution in [1.29, 1.82) is 0 Å². The number of carbonyl (C=O) groups excluding carboxylic acids is 4. The number of amides is 1. The molecule has 1 aliphatic carbocycles. The number of hydrogen-bond donors (Lipinski definition) is 1. The lowest BCUT2D eigenvalue weighted by atomic mass is 9.71. The van der Waals surface area contributed by atoms with Gasteiger partial charge in [-0.15, -0.1) is 0 Å². The van der Waals surface area contributed by atoms with Crippen LogP contribution in [0, 0.1) is 5.41 Å². The molecule has 3 aliphatic rings. The van der Waals surface area contributed by atoms with E-state index in [1.807, 2.05) is 80.6 Å². The molecule has 0 saturated carbocycles. The first-order chi connectivity index (χ1) is 19.2. The molecule has 1 fully saturated rings. The van der Waals surface area contributed by atoms with Gasteiger partial charge in [0.25, 0.3) is 17.3 Å². The van der Waals surface area contributed by atoms with E-state index in [4.69, 9.17) is 4.74 Å². The smallest absolute Gasteiger partial charge is 0.381 e. The number of benzene rings is 3. The minimum atomic E-state index is -2.17. The van der Waals surface area contributed by atoms with E-state index in [1.54, 1.807) is 24.3 Å². The van der Waals surface area contributed by atoms with Crippen LogP contribution in [0.4, 0.5) is 5.69 Å². The summed E-state index contributed by atoms with van der Waals surface area (Å²) >= 11 is 0. The van der Waals surface area contributed by atoms with Gasteiger partial charge < -0.3 is 15.0 Å². The first kappa shape index (κ1) is 25.5. The molecule has 200 valence electrons. The van der Waals surface area contributed by atoms with Crippen LogP contribution in [0.3, 0.4) is 0 Å². The number of Topliss-reactive ketones (excluding diaryl/α,β-unsaturated/α-hetero) is 2. The number of allylic oxidation sites excluding steroid dienone is 1. The van der Waals surface area contributed by atoms with Crippen molar-refractivity contribution >= 4 is 34.8 Å². The number of para-hydroxylation sites is 1. The maximum absolute atomic E-state index is 14.6. The summed E-state index contributed by atoms with van der Waals surface area (Å²) in [5.41, 5.74) is 0.169. The zero-order valence-electron chi connectivity index (χ0n) is 22.3. The molecule has 1 spiro atoms. The Hall–Kier alpha value is -4.78. The van der Waals surface area contributed by atoms with Crippen molar-refractivity contribution in [3.63, 3.8) is 0 Å². The highest BCUT2D eigenvalue weighted by Gasteiger charge is 2.68. The second kappa shape index (κ2) is 9.45. The molecular weight excluding hydrogens is 504 g/mol. The Kier molecular flexibility index (Phi) is 6.02. The van der Waals surface area contributed by atoms with Crippen LogP contribution in [-0.4, -0.2) is 33.9 Å². The van der Waals surface area contributed by atoms with Crippen molar-refractivity contribution in [3.05, 3.63) is 119 Å². The number of hydrogen-bond acceptors (Lipinski definition) is 6. The van der Waals surface area contributed by atoms with Gasteiger partial charge in [0.2, 0.25) is 0 Å². The van der Waals surface area contributed by atoms with Gasteiger partial charge in [-0.25, -0.2) is 4.79 Å². The Morgan fingerprint density at radius 2 is 1.43 bits per heavy atom. The standard InChI is InChI=1S/C33H28N2O5/c1-32(2)18-24-26(25(36)19-32)33(31(39)35(24)20-21-12-6-3-7-13-21)27(29(37)30(38)40-33)28(22-14-8-4-9-15-22)34-23-16-10-5-11-17-23/h3-17,34H,18-20H2,1-2H3/b28-27+. The lowest BCUT2D eigenvalue weighted by Crippen LogP contribution is -2.46. The maximum Gasteiger partial charge on any atom is 0.381 e. The first-order valence-corrected chi connectivity index (χ1v) is 13.2. The van der Waals surface area contributed by atoms with E-state index >= 15 is 0 Å². The summed E-state index contributed by atoms with van der Waals surface area (Å²) in [5, 5.41) is 3.27. The van der Waals surface area contributed by atoms with Crippen LogP contribution in [0.25, 0.3) is 5.70 Å². The lowest BCUT2D eigenvalue weighted by molar-refractivity contribution is -0.158. The lowest BCUT2D eigenvalue weighted by Gasteiger charge is -2.33. The summed E-state index contributed by atoms with van der Waals surface area (Å²) in [6.07, 6.45) is 0.575. The molecule has 1 N–H and O–H groups in total. The monoisotopic (exact) mass is 532 g/mol. The van der Waals surface area contributed by atoms with Gasteiger partial charge in [-0.3, -0.25) is 14.4 Å². The molecule has 40 heavy (non-hydrogen) atoms. The van der Waals surface area contributed by atoms with Gasteiger partial charge >= 0.3 is 5.97 Å². The largest absolute Gasteiger partial charge is 0.432 e. The van der Waals surface area contributed by atoms with E-state index in [0.29, 0.717) is 23.4 Å². The average molecular weight is 533 g/mol. The molecule has 7 heteroatoms. The third kappa shape index (κ3) is 4.06. The first-order valence-electron chi connectivity index (χ1n) is 13.2. The Morgan fingerprint density at radius 1 is 0.825 bits per heavy atom. The van der Waals surface area contributed by atoms with E-state index in [2.05, 4.69) is 5.32 Å². The molecule has 1 atom stereocenters. The number of carbonyl (C=O) groups is 4. The van der Waals surface area contributed by atoms with Crippen molar-refractivity contribution in [1.82, 2.24) is 4.90 Å². The quantitative estimate of drug-likeness (QED) is 0.281. The van der Waals surface area contributed by atoms with Crippen LogP contribution in [0.15, 0.2) is 108 Å². The second-order valence-corrected chi connectivity index (χ2v) is 11.1. The summed E-state index contributed by atoms with van der Waals surface area (Å²) in [6.45, 7) is 4.12. The van der Waals surface area contributed by atoms with Crippen LogP contribution in [0.1, 0.15) is 37.8 Å². The van der Waals surface area contributed by atoms with Crippen molar-refractivity contribution in [3.8, 4) is 0 Å². The highest BCUT2D eigenvalue weighted by Crippen LogP contribution is 2.54. The van der Waals surface area contributed by atoms with Gasteiger partial charge in [-0.2, -0.15) is 0 Å². The molecule has 1 unspecified atom stereocenters. The van der Waals surface area contributed by atoms with Gasteiger partial charge in [-0.1, -0.05) is 92.7 Å². The number of ketones is 2. The summed E-state index contributed by atoms with van der Waals surface area (Å²) in [4.78, 5) is 56.8. The zero-order valence-corrected chi connectivity index (χ0v) is 22.3. The van der Waals surface area contributed by atoms with Crippen molar-refractivity contribution < 1.29 is 23.9 Å². The molecule has 6 rings (SSSR count). The van der Waals surface area contributed by atoms with Crippen molar-refractivity contribution in [2.75, 3.05) is 5.32 Å². The van der Waals surface area contributed by atoms with Gasteiger partial charge in [0.05, 0.1) is 23.4 Å². The van der Waals surface area contributed by atoms with Crippen LogP contribution in [-0.2, 0) is 30.5 Å². The van der Waals surface area contributed by atoms with Crippen molar-refractivity contribution in [2.45, 2.75) is 38.8 Å². The third-order valence-electron chi connectivity index (χ3n) is 7.63. The van der Waals surface area contributed by atoms with Gasteiger partial charge in [0.1, 0.15) is 0 Å². The van der Waals surface area contributed by atoms with Gasteiger partial charge in [0.15, 0.2) is 5.78 Å². The predicted molar refractivity (Wildman–Crippen MR) is 149 cm³/mol. The third-order valence-corrected chi connectivity index (χ3v) is 7.63. The molecule has 2 aliphatic heterocycles. The normalized spacial score (nSPS) is 23.0. The maximum atomic E-state index is 14.6. The summed E-state index contributed by atoms with van der Waals surface area (Å²) in [5.74, 6) is -3.01. The average Bonchev–Trinajstić information content (AvgIpc) is 3.32. The van der Waals surface area contributed by atoms with E-state index < -0.39 is 28.7 Å². The molecule has 7 nitrogen and oxygen atoms in total. The molecule has 1 amide bonds. The zero-order chi connectivity index (χ0) is 28.1. The fourth-order valence-electron chi connectivity index (χ4n) is 5.94. The number of nitrogens with zero attached hydrogens (tertiary/aromatic N) is 1. The highest BCUT2D eigenvalue weighted by molar-refractivity contribution is 6.48. The van der Waals surface area contributed by atoms with Crippen LogP contribution >= 0.6 is 0 Å². The molecule has 0 bridgehead atoms. The van der Waals surface area contributed by atoms with Crippen LogP contribution in [0.2, 0.25) is 0 Å². The van der Waals surface area contributed by atoms with E-state index in [0.717, 1.165) is 5.56 Å². The summed E-state index contributed by atoms with van der Waals surface area (Å²) in [6, 6.07) is 27.6. The van der Waals surface area contributed by atoms with Gasteiger partial charge in [0, 0.05) is 17.8 Å². The number of ether oxygens (including phenoxy) is 1. The molecule has 0 aromatic heterocycles. The minimum absolute atomic E-state index is 0.0882. The number of fused-ring (bicyclic) bond motifs is 1. The topological polar surface area (TPSA) is 92.8 Å². The molecule has 3 aromatic carbocycles. The minimum Gasteiger partial charge on any atom is -0.432 e. The fourth-order valence-corrected chi connectivity index (χ4v) is 5.94. The van der Waals surface area contributed by atoms with Crippen molar-refractivity contribution in [2.24, 2.45) is 5.41 Å². The highest BCUT2D eigenvalue weighted by atomic mass is 16.6. The fraction of sp³-hybridized carbons (Fsp3) is 0.212. The number of anilines is 1. The van der Waals surface area contributed by atoms with Crippen LogP contribution < -0.4 is 5.32 Å². The number of nitrogens with one attached hydrogen (secondary N) is 1. The van der Waals surface area contributed by atoms with E-state index in [1.165, 1.54) is 4.90 Å². The number of rotatable bonds is 5. The Labute approximate surface area is 232 Å². The molecular formula is C33H28N2O5. The molecule has 3 aromatic rings. The van der Waals surface area contributed by atoms with E-state index in [9.17, 15) is 19.2 Å². The molecule has 2 heterocycles. The summed E-state index contributed by atoms with van der Waals surface area (Å²) < 4.78 is 5.81. The Balaban J connectivity index is 1.63. The molecule has 0 radical (unpaired) electrons.